The highest BCUT2D eigenvalue weighted by molar-refractivity contribution is 6.04. The van der Waals surface area contributed by atoms with Gasteiger partial charge in [-0.3, -0.25) is 9.59 Å². The maximum Gasteiger partial charge on any atom is 0.279 e. The predicted molar refractivity (Wildman–Crippen MR) is 110 cm³/mol. The zero-order chi connectivity index (χ0) is 20.6. The molecule has 3 N–H and O–H groups in total. The summed E-state index contributed by atoms with van der Waals surface area (Å²) in [6, 6.07) is 17.6. The third kappa shape index (κ3) is 5.95. The number of rotatable bonds is 8. The molecule has 0 aliphatic heterocycles. The molecule has 0 saturated heterocycles. The maximum absolute atomic E-state index is 12.4. The number of hydrogen-bond donors (Lipinski definition) is 3. The van der Waals surface area contributed by atoms with E-state index in [1.165, 1.54) is 0 Å². The maximum atomic E-state index is 12.4. The Morgan fingerprint density at radius 1 is 0.966 bits per heavy atom. The molecule has 1 aromatic heterocycles. The van der Waals surface area contributed by atoms with Gasteiger partial charge in [-0.05, 0) is 60.7 Å². The Morgan fingerprint density at radius 3 is 2.24 bits per heavy atom. The van der Waals surface area contributed by atoms with E-state index in [4.69, 9.17) is 9.15 Å². The number of nitrogens with one attached hydrogen (secondary N) is 3. The molecule has 3 aromatic rings. The van der Waals surface area contributed by atoms with E-state index in [9.17, 15) is 9.59 Å². The molecule has 2 amide bonds. The Bertz CT molecular complexity index is 935. The highest BCUT2D eigenvalue weighted by Crippen LogP contribution is 2.16. The summed E-state index contributed by atoms with van der Waals surface area (Å²) in [6.07, 6.45) is 1.62. The molecule has 0 aliphatic carbocycles. The molecule has 29 heavy (non-hydrogen) atoms. The van der Waals surface area contributed by atoms with Gasteiger partial charge < -0.3 is 24.7 Å². The quantitative estimate of drug-likeness (QED) is 0.547. The highest BCUT2D eigenvalue weighted by Gasteiger charge is 2.13. The number of anilines is 2. The summed E-state index contributed by atoms with van der Waals surface area (Å²) in [4.78, 5) is 25.6. The highest BCUT2D eigenvalue weighted by atomic mass is 16.5. The second-order valence-electron chi connectivity index (χ2n) is 6.70. The first-order valence-corrected chi connectivity index (χ1v) is 9.22. The van der Waals surface area contributed by atoms with Crippen molar-refractivity contribution in [2.75, 3.05) is 31.3 Å². The van der Waals surface area contributed by atoms with E-state index in [1.54, 1.807) is 61.9 Å². The fourth-order valence-electron chi connectivity index (χ4n) is 2.83. The molecule has 1 heterocycles. The topological polar surface area (TPSA) is 85.0 Å². The largest absolute Gasteiger partial charge is 0.497 e. The minimum Gasteiger partial charge on any atom is -0.497 e. The van der Waals surface area contributed by atoms with Crippen LogP contribution in [0.5, 0.6) is 5.75 Å². The average molecular weight is 394 g/mol. The SMILES string of the molecule is COc1ccc(NC(=O)c2ccc(NC(=O)C[NH+](C)Cc3ccco3)cc2)cc1. The van der Waals surface area contributed by atoms with Gasteiger partial charge >= 0.3 is 0 Å². The van der Waals surface area contributed by atoms with Crippen LogP contribution >= 0.6 is 0 Å². The number of carbonyl (C=O) groups excluding carboxylic acids is 2. The molecule has 1 unspecified atom stereocenters. The summed E-state index contributed by atoms with van der Waals surface area (Å²) in [6.45, 7) is 0.936. The van der Waals surface area contributed by atoms with Gasteiger partial charge in [0.25, 0.3) is 11.8 Å². The van der Waals surface area contributed by atoms with Crippen LogP contribution in [0.4, 0.5) is 11.4 Å². The van der Waals surface area contributed by atoms with Crippen molar-refractivity contribution in [3.05, 3.63) is 78.3 Å². The van der Waals surface area contributed by atoms with Crippen LogP contribution in [0.2, 0.25) is 0 Å². The van der Waals surface area contributed by atoms with Gasteiger partial charge in [-0.25, -0.2) is 0 Å². The minimum absolute atomic E-state index is 0.107. The Morgan fingerprint density at radius 2 is 1.62 bits per heavy atom. The summed E-state index contributed by atoms with van der Waals surface area (Å²) in [7, 11) is 3.51. The van der Waals surface area contributed by atoms with Crippen molar-refractivity contribution in [3.63, 3.8) is 0 Å². The van der Waals surface area contributed by atoms with Crippen molar-refractivity contribution in [2.45, 2.75) is 6.54 Å². The standard InChI is InChI=1S/C22H23N3O4/c1-25(14-20-4-3-13-29-20)15-21(26)23-17-7-5-16(6-8-17)22(27)24-18-9-11-19(28-2)12-10-18/h3-13H,14-15H2,1-2H3,(H,23,26)(H,24,27)/p+1. The number of benzene rings is 2. The molecule has 150 valence electrons. The van der Waals surface area contributed by atoms with Crippen molar-refractivity contribution in [1.29, 1.82) is 0 Å². The van der Waals surface area contributed by atoms with Gasteiger partial charge in [-0.2, -0.15) is 0 Å². The first-order valence-electron chi connectivity index (χ1n) is 9.22. The van der Waals surface area contributed by atoms with Crippen molar-refractivity contribution < 1.29 is 23.6 Å². The van der Waals surface area contributed by atoms with Crippen molar-refractivity contribution in [3.8, 4) is 5.75 Å². The molecule has 7 nitrogen and oxygen atoms in total. The van der Waals surface area contributed by atoms with Crippen LogP contribution in [0, 0.1) is 0 Å². The molecule has 0 radical (unpaired) electrons. The van der Waals surface area contributed by atoms with Crippen LogP contribution in [-0.4, -0.2) is 32.5 Å². The summed E-state index contributed by atoms with van der Waals surface area (Å²) >= 11 is 0. The second-order valence-corrected chi connectivity index (χ2v) is 6.70. The Hall–Kier alpha value is -3.58. The van der Waals surface area contributed by atoms with Gasteiger partial charge in [0, 0.05) is 16.9 Å². The van der Waals surface area contributed by atoms with E-state index < -0.39 is 0 Å². The summed E-state index contributed by atoms with van der Waals surface area (Å²) in [5.41, 5.74) is 1.82. The van der Waals surface area contributed by atoms with Gasteiger partial charge in [0.1, 0.15) is 12.3 Å². The monoisotopic (exact) mass is 394 g/mol. The van der Waals surface area contributed by atoms with Gasteiger partial charge in [0.15, 0.2) is 12.3 Å². The summed E-state index contributed by atoms with van der Waals surface area (Å²) < 4.78 is 10.4. The fraction of sp³-hybridized carbons (Fsp3) is 0.182. The van der Waals surface area contributed by atoms with Crippen molar-refractivity contribution >= 4 is 23.2 Å². The number of methoxy groups -OCH3 is 1. The third-order valence-electron chi connectivity index (χ3n) is 4.30. The normalized spacial score (nSPS) is 11.5. The molecule has 2 aromatic carbocycles. The number of carbonyl (C=O) groups is 2. The van der Waals surface area contributed by atoms with E-state index in [1.807, 2.05) is 19.2 Å². The van der Waals surface area contributed by atoms with E-state index in [0.29, 0.717) is 30.0 Å². The second kappa shape index (κ2) is 9.57. The van der Waals surface area contributed by atoms with Gasteiger partial charge in [-0.1, -0.05) is 0 Å². The fourth-order valence-corrected chi connectivity index (χ4v) is 2.83. The van der Waals surface area contributed by atoms with Crippen molar-refractivity contribution in [1.82, 2.24) is 0 Å². The Balaban J connectivity index is 1.50. The van der Waals surface area contributed by atoms with Crippen LogP contribution in [-0.2, 0) is 11.3 Å². The predicted octanol–water partition coefficient (Wildman–Crippen LogP) is 2.19. The molecule has 7 heteroatoms. The lowest BCUT2D eigenvalue weighted by Gasteiger charge is -2.12. The van der Waals surface area contributed by atoms with Crippen LogP contribution in [0.1, 0.15) is 16.1 Å². The van der Waals surface area contributed by atoms with E-state index in [0.717, 1.165) is 16.4 Å². The number of hydrogen-bond acceptors (Lipinski definition) is 4. The number of ether oxygens (including phenoxy) is 1. The Kier molecular flexibility index (Phi) is 6.65. The van der Waals surface area contributed by atoms with Crippen LogP contribution in [0.15, 0.2) is 71.3 Å². The van der Waals surface area contributed by atoms with E-state index in [2.05, 4.69) is 10.6 Å². The average Bonchev–Trinajstić information content (AvgIpc) is 3.21. The molecule has 0 saturated carbocycles. The van der Waals surface area contributed by atoms with Gasteiger partial charge in [0.2, 0.25) is 0 Å². The lowest BCUT2D eigenvalue weighted by molar-refractivity contribution is -0.886. The molecular weight excluding hydrogens is 370 g/mol. The molecule has 0 spiro atoms. The Labute approximate surface area is 169 Å². The number of quaternary nitrogens is 1. The zero-order valence-corrected chi connectivity index (χ0v) is 16.4. The van der Waals surface area contributed by atoms with E-state index in [-0.39, 0.29) is 11.8 Å². The first kappa shape index (κ1) is 20.2. The molecule has 1 atom stereocenters. The smallest absolute Gasteiger partial charge is 0.279 e. The first-order chi connectivity index (χ1) is 14.0. The molecule has 3 rings (SSSR count). The number of amides is 2. The summed E-state index contributed by atoms with van der Waals surface area (Å²) in [5, 5.41) is 5.67. The minimum atomic E-state index is -0.226. The lowest BCUT2D eigenvalue weighted by atomic mass is 10.2. The third-order valence-corrected chi connectivity index (χ3v) is 4.30. The van der Waals surface area contributed by atoms with Gasteiger partial charge in [0.05, 0.1) is 20.4 Å². The number of furan rings is 1. The molecule has 0 aliphatic rings. The summed E-state index contributed by atoms with van der Waals surface area (Å²) in [5.74, 6) is 1.22. The molecular formula is C22H24N3O4+. The zero-order valence-electron chi connectivity index (χ0n) is 16.4. The lowest BCUT2D eigenvalue weighted by Crippen LogP contribution is -3.08. The van der Waals surface area contributed by atoms with Crippen molar-refractivity contribution in [2.24, 2.45) is 0 Å². The van der Waals surface area contributed by atoms with Crippen LogP contribution in [0.3, 0.4) is 0 Å². The van der Waals surface area contributed by atoms with Crippen LogP contribution < -0.4 is 20.3 Å². The molecule has 0 bridgehead atoms. The van der Waals surface area contributed by atoms with Gasteiger partial charge in [-0.15, -0.1) is 0 Å². The molecule has 0 fully saturated rings. The number of likely N-dealkylation sites (N-methyl/N-ethyl adjacent to an activating group) is 1. The van der Waals surface area contributed by atoms with Crippen LogP contribution in [0.25, 0.3) is 0 Å². The van der Waals surface area contributed by atoms with E-state index >= 15 is 0 Å².